The molecule has 9 heteroatoms. The molecule has 0 aliphatic carbocycles. The third kappa shape index (κ3) is 6.18. The van der Waals surface area contributed by atoms with E-state index in [1.165, 1.54) is 24.5 Å². The predicted octanol–water partition coefficient (Wildman–Crippen LogP) is 6.25. The van der Waals surface area contributed by atoms with Gasteiger partial charge in [-0.05, 0) is 57.2 Å². The van der Waals surface area contributed by atoms with Crippen molar-refractivity contribution in [1.82, 2.24) is 9.97 Å². The van der Waals surface area contributed by atoms with Gasteiger partial charge in [-0.25, -0.2) is 9.78 Å². The fourth-order valence-corrected chi connectivity index (χ4v) is 2.65. The zero-order valence-electron chi connectivity index (χ0n) is 17.1. The van der Waals surface area contributed by atoms with E-state index in [0.29, 0.717) is 28.5 Å². The van der Waals surface area contributed by atoms with Gasteiger partial charge in [-0.2, -0.15) is 13.2 Å². The van der Waals surface area contributed by atoms with E-state index in [2.05, 4.69) is 20.6 Å². The van der Waals surface area contributed by atoms with Gasteiger partial charge in [0.25, 0.3) is 0 Å². The highest BCUT2D eigenvalue weighted by Crippen LogP contribution is 2.31. The monoisotopic (exact) mass is 430 g/mol. The lowest BCUT2D eigenvalue weighted by Gasteiger charge is -2.19. The maximum Gasteiger partial charge on any atom is 0.416 e. The number of carbonyl (C=O) groups is 1. The number of nitrogens with one attached hydrogen (secondary N) is 2. The molecule has 0 saturated carbocycles. The Labute approximate surface area is 177 Å². The molecule has 3 rings (SSSR count). The third-order valence-electron chi connectivity index (χ3n) is 3.98. The minimum absolute atomic E-state index is 0.384. The zero-order chi connectivity index (χ0) is 22.6. The minimum Gasteiger partial charge on any atom is -0.444 e. The largest absolute Gasteiger partial charge is 0.444 e. The number of alkyl halides is 3. The molecule has 31 heavy (non-hydrogen) atoms. The lowest BCUT2D eigenvalue weighted by atomic mass is 10.1. The summed E-state index contributed by atoms with van der Waals surface area (Å²) in [7, 11) is 0. The molecule has 0 unspecified atom stereocenters. The summed E-state index contributed by atoms with van der Waals surface area (Å²) < 4.78 is 43.5. The summed E-state index contributed by atoms with van der Waals surface area (Å²) in [5.74, 6) is 0.384. The van der Waals surface area contributed by atoms with Crippen LogP contribution in [0.5, 0.6) is 0 Å². The highest BCUT2D eigenvalue weighted by atomic mass is 19.4. The minimum atomic E-state index is -4.40. The quantitative estimate of drug-likeness (QED) is 0.511. The van der Waals surface area contributed by atoms with Crippen LogP contribution in [0.4, 0.5) is 35.2 Å². The SMILES string of the molecule is CC(C)(C)OC(=O)Nc1ccc(-c2nccnc2Nc2ccc(C(F)(F)F)cc2)cc1. The predicted molar refractivity (Wildman–Crippen MR) is 112 cm³/mol. The van der Waals surface area contributed by atoms with Crippen molar-refractivity contribution >= 4 is 23.3 Å². The number of ether oxygens (including phenoxy) is 1. The Morgan fingerprint density at radius 2 is 1.45 bits per heavy atom. The summed E-state index contributed by atoms with van der Waals surface area (Å²) in [6, 6.07) is 11.5. The Morgan fingerprint density at radius 1 is 0.871 bits per heavy atom. The first kappa shape index (κ1) is 22.1. The van der Waals surface area contributed by atoms with Crippen molar-refractivity contribution in [3.05, 3.63) is 66.5 Å². The molecule has 1 heterocycles. The van der Waals surface area contributed by atoms with Crippen LogP contribution in [0, 0.1) is 0 Å². The van der Waals surface area contributed by atoms with E-state index in [0.717, 1.165) is 12.1 Å². The van der Waals surface area contributed by atoms with Gasteiger partial charge < -0.3 is 10.1 Å². The van der Waals surface area contributed by atoms with Crippen LogP contribution in [0.3, 0.4) is 0 Å². The van der Waals surface area contributed by atoms with Crippen molar-refractivity contribution in [1.29, 1.82) is 0 Å². The summed E-state index contributed by atoms with van der Waals surface area (Å²) in [6.07, 6.45) is -1.97. The Balaban J connectivity index is 1.76. The molecule has 0 saturated heterocycles. The Kier molecular flexibility index (Phi) is 6.14. The van der Waals surface area contributed by atoms with Crippen molar-refractivity contribution in [2.45, 2.75) is 32.5 Å². The smallest absolute Gasteiger partial charge is 0.416 e. The Hall–Kier alpha value is -3.62. The number of carbonyl (C=O) groups excluding carboxylic acids is 1. The van der Waals surface area contributed by atoms with E-state index in [-0.39, 0.29) is 0 Å². The van der Waals surface area contributed by atoms with E-state index in [9.17, 15) is 18.0 Å². The third-order valence-corrected chi connectivity index (χ3v) is 3.98. The van der Waals surface area contributed by atoms with Gasteiger partial charge in [0.15, 0.2) is 5.82 Å². The summed E-state index contributed by atoms with van der Waals surface area (Å²) in [4.78, 5) is 20.5. The van der Waals surface area contributed by atoms with Crippen LogP contribution in [0.2, 0.25) is 0 Å². The number of rotatable bonds is 4. The number of anilines is 3. The van der Waals surface area contributed by atoms with Crippen LogP contribution in [-0.4, -0.2) is 21.7 Å². The number of aromatic nitrogens is 2. The lowest BCUT2D eigenvalue weighted by molar-refractivity contribution is -0.137. The normalized spacial score (nSPS) is 11.7. The van der Waals surface area contributed by atoms with Gasteiger partial charge in [-0.15, -0.1) is 0 Å². The maximum absolute atomic E-state index is 12.7. The number of amides is 1. The lowest BCUT2D eigenvalue weighted by Crippen LogP contribution is -2.27. The molecule has 0 spiro atoms. The van der Waals surface area contributed by atoms with Gasteiger partial charge in [-0.1, -0.05) is 12.1 Å². The average Bonchev–Trinajstić information content (AvgIpc) is 2.67. The molecule has 0 bridgehead atoms. The second-order valence-electron chi connectivity index (χ2n) is 7.66. The molecular weight excluding hydrogens is 409 g/mol. The number of hydrogen-bond acceptors (Lipinski definition) is 5. The highest BCUT2D eigenvalue weighted by Gasteiger charge is 2.30. The van der Waals surface area contributed by atoms with Crippen LogP contribution in [0.15, 0.2) is 60.9 Å². The standard InChI is InChI=1S/C22H21F3N4O2/c1-21(2,3)31-20(30)29-17-8-4-14(5-9-17)18-19(27-13-12-26-18)28-16-10-6-15(7-11-16)22(23,24)25/h4-13H,1-3H3,(H,27,28)(H,29,30). The molecule has 0 atom stereocenters. The highest BCUT2D eigenvalue weighted by molar-refractivity contribution is 5.85. The van der Waals surface area contributed by atoms with E-state index in [1.807, 2.05) is 0 Å². The van der Waals surface area contributed by atoms with E-state index in [1.54, 1.807) is 45.0 Å². The van der Waals surface area contributed by atoms with Gasteiger partial charge in [-0.3, -0.25) is 10.3 Å². The van der Waals surface area contributed by atoms with Crippen LogP contribution in [-0.2, 0) is 10.9 Å². The summed E-state index contributed by atoms with van der Waals surface area (Å²) in [6.45, 7) is 5.32. The van der Waals surface area contributed by atoms with Crippen molar-refractivity contribution in [3.8, 4) is 11.3 Å². The maximum atomic E-state index is 12.7. The average molecular weight is 430 g/mol. The summed E-state index contributed by atoms with van der Waals surface area (Å²) in [5, 5.41) is 5.64. The molecule has 0 aliphatic rings. The molecule has 2 N–H and O–H groups in total. The topological polar surface area (TPSA) is 76.1 Å². The number of halogens is 3. The second-order valence-corrected chi connectivity index (χ2v) is 7.66. The molecule has 2 aromatic carbocycles. The first-order valence-electron chi connectivity index (χ1n) is 9.37. The molecule has 162 valence electrons. The van der Waals surface area contributed by atoms with E-state index in [4.69, 9.17) is 4.74 Å². The molecule has 3 aromatic rings. The van der Waals surface area contributed by atoms with Gasteiger partial charge in [0.1, 0.15) is 11.3 Å². The Bertz CT molecular complexity index is 1040. The van der Waals surface area contributed by atoms with Crippen molar-refractivity contribution < 1.29 is 22.7 Å². The van der Waals surface area contributed by atoms with E-state index >= 15 is 0 Å². The fraction of sp³-hybridized carbons (Fsp3) is 0.227. The summed E-state index contributed by atoms with van der Waals surface area (Å²) >= 11 is 0. The zero-order valence-corrected chi connectivity index (χ0v) is 17.1. The van der Waals surface area contributed by atoms with Crippen molar-refractivity contribution in [3.63, 3.8) is 0 Å². The first-order valence-corrected chi connectivity index (χ1v) is 9.37. The number of nitrogens with zero attached hydrogens (tertiary/aromatic N) is 2. The van der Waals surface area contributed by atoms with Gasteiger partial charge >= 0.3 is 12.3 Å². The van der Waals surface area contributed by atoms with Gasteiger partial charge in [0.05, 0.1) is 5.56 Å². The first-order chi connectivity index (χ1) is 14.5. The molecule has 0 fully saturated rings. The van der Waals surface area contributed by atoms with Gasteiger partial charge in [0.2, 0.25) is 0 Å². The molecular formula is C22H21F3N4O2. The van der Waals surface area contributed by atoms with Crippen LogP contribution in [0.25, 0.3) is 11.3 Å². The van der Waals surface area contributed by atoms with E-state index < -0.39 is 23.4 Å². The molecule has 6 nitrogen and oxygen atoms in total. The van der Waals surface area contributed by atoms with Crippen LogP contribution in [0.1, 0.15) is 26.3 Å². The molecule has 0 aliphatic heterocycles. The van der Waals surface area contributed by atoms with Crippen LogP contribution < -0.4 is 10.6 Å². The number of benzene rings is 2. The summed E-state index contributed by atoms with van der Waals surface area (Å²) in [5.41, 5.74) is 0.855. The molecule has 0 radical (unpaired) electrons. The second kappa shape index (κ2) is 8.63. The van der Waals surface area contributed by atoms with Crippen molar-refractivity contribution in [2.24, 2.45) is 0 Å². The molecule has 1 amide bonds. The van der Waals surface area contributed by atoms with Crippen molar-refractivity contribution in [2.75, 3.05) is 10.6 Å². The van der Waals surface area contributed by atoms with Crippen LogP contribution >= 0.6 is 0 Å². The molecule has 1 aromatic heterocycles. The fourth-order valence-electron chi connectivity index (χ4n) is 2.65. The number of hydrogen-bond donors (Lipinski definition) is 2. The Morgan fingerprint density at radius 3 is 2.03 bits per heavy atom. The van der Waals surface area contributed by atoms with Gasteiger partial charge in [0, 0.05) is 29.3 Å².